The molecular formula is C25H16Cl2N4O3. The fourth-order valence-corrected chi connectivity index (χ4v) is 5.13. The summed E-state index contributed by atoms with van der Waals surface area (Å²) in [6.45, 7) is 0.689. The van der Waals surface area contributed by atoms with Crippen LogP contribution in [0.3, 0.4) is 0 Å². The predicted octanol–water partition coefficient (Wildman–Crippen LogP) is 4.86. The van der Waals surface area contributed by atoms with Crippen LogP contribution in [-0.2, 0) is 5.66 Å². The Bertz CT molecular complexity index is 1440. The largest absolute Gasteiger partial charge is 0.355 e. The van der Waals surface area contributed by atoms with E-state index >= 15 is 0 Å². The van der Waals surface area contributed by atoms with E-state index in [1.54, 1.807) is 70.7 Å². The van der Waals surface area contributed by atoms with E-state index in [1.165, 1.54) is 0 Å². The molecule has 2 aromatic carbocycles. The second kappa shape index (κ2) is 7.68. The molecule has 0 radical (unpaired) electrons. The smallest absolute Gasteiger partial charge is 0.278 e. The van der Waals surface area contributed by atoms with Crippen LogP contribution < -0.4 is 0 Å². The third kappa shape index (κ3) is 2.90. The number of rotatable bonds is 3. The van der Waals surface area contributed by atoms with Crippen molar-refractivity contribution in [2.24, 2.45) is 0 Å². The Hall–Kier alpha value is -3.68. The van der Waals surface area contributed by atoms with Crippen LogP contribution in [-0.4, -0.2) is 44.8 Å². The molecule has 34 heavy (non-hydrogen) atoms. The standard InChI is InChI=1S/C25H16Cl2N4O3/c26-17-5-1-15(2-6-17)22-13-21(29-34-22)24(33)31-12-11-30-23(32)19-9-10-28-14-20(19)25(30,31)16-3-7-18(27)8-4-16/h1-10,13-14H,11-12H2. The monoisotopic (exact) mass is 490 g/mol. The topological polar surface area (TPSA) is 79.5 Å². The summed E-state index contributed by atoms with van der Waals surface area (Å²) in [6, 6.07) is 17.5. The lowest BCUT2D eigenvalue weighted by Crippen LogP contribution is -2.51. The molecule has 168 valence electrons. The molecule has 1 saturated heterocycles. The number of aromatic nitrogens is 2. The van der Waals surface area contributed by atoms with Gasteiger partial charge in [0, 0.05) is 58.3 Å². The van der Waals surface area contributed by atoms with Gasteiger partial charge in [0.2, 0.25) is 0 Å². The first-order valence-electron chi connectivity index (χ1n) is 10.6. The zero-order valence-corrected chi connectivity index (χ0v) is 19.1. The summed E-state index contributed by atoms with van der Waals surface area (Å²) in [6.07, 6.45) is 3.23. The molecule has 0 aliphatic carbocycles. The maximum Gasteiger partial charge on any atom is 0.278 e. The number of amides is 2. The molecule has 4 aromatic rings. The highest BCUT2D eigenvalue weighted by atomic mass is 35.5. The molecule has 0 bridgehead atoms. The number of pyridine rings is 1. The number of fused-ring (bicyclic) bond motifs is 3. The minimum Gasteiger partial charge on any atom is -0.355 e. The van der Waals surface area contributed by atoms with E-state index in [-0.39, 0.29) is 17.5 Å². The lowest BCUT2D eigenvalue weighted by molar-refractivity contribution is 0.0368. The van der Waals surface area contributed by atoms with E-state index in [0.717, 1.165) is 11.1 Å². The van der Waals surface area contributed by atoms with Crippen LogP contribution in [0.2, 0.25) is 10.0 Å². The summed E-state index contributed by atoms with van der Waals surface area (Å²) in [7, 11) is 0. The lowest BCUT2D eigenvalue weighted by atomic mass is 9.91. The molecule has 0 spiro atoms. The molecule has 2 aromatic heterocycles. The zero-order chi connectivity index (χ0) is 23.4. The average molecular weight is 491 g/mol. The third-order valence-corrected chi connectivity index (χ3v) is 6.85. The van der Waals surface area contributed by atoms with Crippen molar-refractivity contribution in [1.82, 2.24) is 19.9 Å². The fraction of sp³-hybridized carbons (Fsp3) is 0.120. The first kappa shape index (κ1) is 20.9. The van der Waals surface area contributed by atoms with Gasteiger partial charge in [-0.2, -0.15) is 0 Å². The van der Waals surface area contributed by atoms with Crippen LogP contribution in [0.1, 0.15) is 32.0 Å². The van der Waals surface area contributed by atoms with Gasteiger partial charge in [-0.05, 0) is 42.5 Å². The summed E-state index contributed by atoms with van der Waals surface area (Å²) in [5.74, 6) is -0.0586. The Morgan fingerprint density at radius 3 is 2.41 bits per heavy atom. The van der Waals surface area contributed by atoms with Crippen molar-refractivity contribution in [3.05, 3.63) is 105 Å². The highest BCUT2D eigenvalue weighted by Gasteiger charge is 2.60. The number of benzene rings is 2. The van der Waals surface area contributed by atoms with Crippen LogP contribution in [0.5, 0.6) is 0 Å². The molecule has 4 heterocycles. The molecular weight excluding hydrogens is 475 g/mol. The highest BCUT2D eigenvalue weighted by molar-refractivity contribution is 6.30. The molecule has 1 unspecified atom stereocenters. The first-order valence-corrected chi connectivity index (χ1v) is 11.3. The number of halogens is 2. The molecule has 0 N–H and O–H groups in total. The SMILES string of the molecule is O=C(c1cc(-c2ccc(Cl)cc2)on1)N1CCN2C(=O)c3ccncc3C12c1ccc(Cl)cc1. The van der Waals surface area contributed by atoms with Gasteiger partial charge in [0.15, 0.2) is 17.1 Å². The normalized spacial score (nSPS) is 18.8. The van der Waals surface area contributed by atoms with E-state index in [4.69, 9.17) is 27.7 Å². The van der Waals surface area contributed by atoms with Gasteiger partial charge >= 0.3 is 0 Å². The fourth-order valence-electron chi connectivity index (χ4n) is 4.88. The van der Waals surface area contributed by atoms with Gasteiger partial charge in [-0.3, -0.25) is 14.6 Å². The van der Waals surface area contributed by atoms with Crippen molar-refractivity contribution >= 4 is 35.0 Å². The van der Waals surface area contributed by atoms with Crippen molar-refractivity contribution in [1.29, 1.82) is 0 Å². The maximum absolute atomic E-state index is 13.8. The maximum atomic E-state index is 13.8. The van der Waals surface area contributed by atoms with Crippen molar-refractivity contribution in [3.8, 4) is 11.3 Å². The summed E-state index contributed by atoms with van der Waals surface area (Å²) < 4.78 is 5.48. The van der Waals surface area contributed by atoms with Gasteiger partial charge in [0.1, 0.15) is 0 Å². The minimum absolute atomic E-state index is 0.143. The molecule has 7 nitrogen and oxygen atoms in total. The van der Waals surface area contributed by atoms with E-state index in [9.17, 15) is 9.59 Å². The molecule has 2 aliphatic heterocycles. The van der Waals surface area contributed by atoms with Gasteiger partial charge in [0.25, 0.3) is 11.8 Å². The van der Waals surface area contributed by atoms with Crippen molar-refractivity contribution < 1.29 is 14.1 Å². The first-order chi connectivity index (χ1) is 16.5. The Kier molecular flexibility index (Phi) is 4.72. The summed E-state index contributed by atoms with van der Waals surface area (Å²) >= 11 is 12.1. The van der Waals surface area contributed by atoms with Crippen molar-refractivity contribution in [2.45, 2.75) is 5.66 Å². The number of carbonyl (C=O) groups excluding carboxylic acids is 2. The van der Waals surface area contributed by atoms with Crippen LogP contribution in [0, 0.1) is 0 Å². The second-order valence-electron chi connectivity index (χ2n) is 8.10. The molecule has 1 atom stereocenters. The van der Waals surface area contributed by atoms with Gasteiger partial charge in [-0.15, -0.1) is 0 Å². The molecule has 2 aliphatic rings. The van der Waals surface area contributed by atoms with Gasteiger partial charge in [-0.1, -0.05) is 40.5 Å². The van der Waals surface area contributed by atoms with Gasteiger partial charge < -0.3 is 14.3 Å². The number of nitrogens with zero attached hydrogens (tertiary/aromatic N) is 4. The van der Waals surface area contributed by atoms with Crippen molar-refractivity contribution in [2.75, 3.05) is 13.1 Å². The summed E-state index contributed by atoms with van der Waals surface area (Å²) in [5.41, 5.74) is 1.65. The minimum atomic E-state index is -1.15. The number of carbonyl (C=O) groups is 2. The quantitative estimate of drug-likeness (QED) is 0.409. The summed E-state index contributed by atoms with van der Waals surface area (Å²) in [5, 5.41) is 5.20. The molecule has 0 saturated carbocycles. The Morgan fingerprint density at radius 2 is 1.68 bits per heavy atom. The van der Waals surface area contributed by atoms with Crippen LogP contribution >= 0.6 is 23.2 Å². The second-order valence-corrected chi connectivity index (χ2v) is 8.97. The molecule has 2 amide bonds. The predicted molar refractivity (Wildman–Crippen MR) is 125 cm³/mol. The van der Waals surface area contributed by atoms with E-state index in [0.29, 0.717) is 40.0 Å². The number of hydrogen-bond donors (Lipinski definition) is 0. The van der Waals surface area contributed by atoms with Crippen LogP contribution in [0.4, 0.5) is 0 Å². The highest BCUT2D eigenvalue weighted by Crippen LogP contribution is 2.50. The van der Waals surface area contributed by atoms with E-state index in [2.05, 4.69) is 10.1 Å². The third-order valence-electron chi connectivity index (χ3n) is 6.35. The Morgan fingerprint density at radius 1 is 0.971 bits per heavy atom. The Labute approximate surface area is 204 Å². The van der Waals surface area contributed by atoms with Gasteiger partial charge in [0.05, 0.1) is 5.56 Å². The average Bonchev–Trinajstić information content (AvgIpc) is 3.55. The summed E-state index contributed by atoms with van der Waals surface area (Å²) in [4.78, 5) is 34.8. The lowest BCUT2D eigenvalue weighted by Gasteiger charge is -2.39. The van der Waals surface area contributed by atoms with Crippen LogP contribution in [0.25, 0.3) is 11.3 Å². The van der Waals surface area contributed by atoms with Gasteiger partial charge in [-0.25, -0.2) is 0 Å². The van der Waals surface area contributed by atoms with E-state index < -0.39 is 5.66 Å². The zero-order valence-electron chi connectivity index (χ0n) is 17.6. The Balaban J connectivity index is 1.48. The van der Waals surface area contributed by atoms with Crippen LogP contribution in [0.15, 0.2) is 77.6 Å². The number of hydrogen-bond acceptors (Lipinski definition) is 5. The molecule has 6 rings (SSSR count). The van der Waals surface area contributed by atoms with E-state index in [1.807, 2.05) is 12.1 Å². The molecule has 1 fully saturated rings. The molecule has 9 heteroatoms. The van der Waals surface area contributed by atoms with Crippen molar-refractivity contribution in [3.63, 3.8) is 0 Å².